The van der Waals surface area contributed by atoms with E-state index in [9.17, 15) is 27.5 Å². The van der Waals surface area contributed by atoms with Gasteiger partial charge in [0.15, 0.2) is 5.78 Å². The first kappa shape index (κ1) is 81.9. The van der Waals surface area contributed by atoms with Crippen LogP contribution >= 0.6 is 0 Å². The fourth-order valence-corrected chi connectivity index (χ4v) is 9.04. The first-order valence-electron chi connectivity index (χ1n) is 29.8. The molecule has 5 heterocycles. The van der Waals surface area contributed by atoms with Crippen LogP contribution in [-0.4, -0.2) is 55.0 Å². The molecule has 0 aliphatic heterocycles. The van der Waals surface area contributed by atoms with Crippen LogP contribution in [0, 0.1) is 54.5 Å². The summed E-state index contributed by atoms with van der Waals surface area (Å²) in [5.41, 5.74) is 14.6. The molecule has 8 aromatic carbocycles. The first-order valence-corrected chi connectivity index (χ1v) is 29.8. The Hall–Kier alpha value is -9.52. The number of aryl methyl sites for hydroxylation is 1. The third-order valence-corrected chi connectivity index (χ3v) is 13.5. The molecule has 0 spiro atoms. The number of halogens is 4. The van der Waals surface area contributed by atoms with E-state index in [2.05, 4.69) is 78.4 Å². The molecule has 99 heavy (non-hydrogen) atoms. The van der Waals surface area contributed by atoms with Gasteiger partial charge in [-0.25, -0.2) is 0 Å². The van der Waals surface area contributed by atoms with Crippen molar-refractivity contribution in [3.05, 3.63) is 351 Å². The minimum absolute atomic E-state index is 0. The minimum Gasteiger partial charge on any atom is -0.512 e. The zero-order chi connectivity index (χ0) is 67.3. The van der Waals surface area contributed by atoms with Gasteiger partial charge < -0.3 is 35.0 Å². The third kappa shape index (κ3) is 26.3. The Morgan fingerprint density at radius 3 is 1.33 bits per heavy atom. The van der Waals surface area contributed by atoms with Crippen LogP contribution in [0.25, 0.3) is 67.4 Å². The number of nitrogens with zero attached hydrogens (tertiary/aromatic N) is 7. The van der Waals surface area contributed by atoms with Gasteiger partial charge in [0, 0.05) is 196 Å². The maximum atomic E-state index is 13.4. The smallest absolute Gasteiger partial charge is 0.155 e. The molecule has 0 fully saturated rings. The predicted molar refractivity (Wildman–Crippen MR) is 371 cm³/mol. The number of benzene rings is 8. The maximum absolute atomic E-state index is 13.4. The molecule has 0 aliphatic rings. The van der Waals surface area contributed by atoms with E-state index in [1.807, 2.05) is 196 Å². The average molecular weight is 2030 g/mol. The van der Waals surface area contributed by atoms with E-state index in [0.29, 0.717) is 11.4 Å². The molecule has 18 heteroatoms. The molecule has 0 bridgehead atoms. The van der Waals surface area contributed by atoms with Gasteiger partial charge in [0.1, 0.15) is 5.75 Å². The molecular weight excluding hydrogens is 1970 g/mol. The number of aliphatic hydroxyl groups excluding tert-OH is 1. The number of hydrogen-bond acceptors (Lipinski definition) is 10. The standard InChI is InChI=1S/C23H16FN2.C16H11N2.C13H12FN2.C12H8F2N.C12H10O.C5H8O2.3Ir.Pt/c24-19-13-11-18(12-14-19)23-17-22(15-16-25-23)26(20-7-3-1-4-8-20)21-9-5-2-6-10-21;1-3-10-17-15(8-1)13-6-5-7-14(12-13)16-9-2-4-11-18-16;1-16(2)12-7-8-15-13(9-12)10-3-5-11(14)6-4-10;1-8-4-5-15-12(6-8)10-3-2-9(13)7-11(10)14;13-12-9-5-4-8-11(12)10-6-2-1-3-7-10;1-4(6)3-5(2)7;;;;/h1-11,13-17H;1-11H;3,5-9H,1-2H3;2,4-7H,1H3;1-9,13H;3,6H,1-2H3;;;;/q4*-1;;;;;;. The van der Waals surface area contributed by atoms with Crippen molar-refractivity contribution in [1.29, 1.82) is 0 Å². The Bertz CT molecular complexity index is 4450. The molecule has 0 saturated carbocycles. The van der Waals surface area contributed by atoms with Gasteiger partial charge in [-0.15, -0.1) is 96.1 Å². The van der Waals surface area contributed by atoms with Crippen molar-refractivity contribution >= 4 is 28.5 Å². The number of ketones is 1. The van der Waals surface area contributed by atoms with E-state index in [1.165, 1.54) is 44.2 Å². The number of phenols is 1. The molecule has 2 N–H and O–H groups in total. The number of aromatic hydroxyl groups is 1. The normalized spacial score (nSPS) is 9.93. The van der Waals surface area contributed by atoms with Gasteiger partial charge in [-0.3, -0.25) is 32.3 Å². The zero-order valence-corrected chi connectivity index (χ0v) is 63.4. The van der Waals surface area contributed by atoms with Crippen LogP contribution in [0.1, 0.15) is 19.4 Å². The number of anilines is 4. The van der Waals surface area contributed by atoms with Crippen LogP contribution in [0.3, 0.4) is 0 Å². The number of para-hydroxylation sites is 3. The van der Waals surface area contributed by atoms with Crippen LogP contribution in [0.4, 0.5) is 40.3 Å². The number of rotatable bonds is 11. The number of aliphatic hydroxyl groups is 1. The van der Waals surface area contributed by atoms with E-state index in [0.717, 1.165) is 96.6 Å². The Morgan fingerprint density at radius 1 is 0.434 bits per heavy atom. The van der Waals surface area contributed by atoms with Gasteiger partial charge in [-0.2, -0.15) is 0 Å². The minimum atomic E-state index is -0.645. The summed E-state index contributed by atoms with van der Waals surface area (Å²) in [6.07, 6.45) is 9.83. The SMILES string of the molecule is CC(=O)C=C(C)O.CN(C)c1ccnc(-c2[c-]cc(F)cc2)c1.Cc1ccnc(-c2[c-]cc(F)cc2F)c1.Fc1c[c-]c(-c2cc(N(c3ccccc3)c3ccccc3)ccn2)cc1.Oc1ccccc1-c1ccccc1.[Ir].[Ir].[Ir].[Pt].[c-]1c(-c2ccccn2)cccc1-c1ccccn1. The van der Waals surface area contributed by atoms with Crippen molar-refractivity contribution in [2.24, 2.45) is 0 Å². The number of pyridine rings is 5. The number of allylic oxidation sites excluding steroid dienone is 2. The zero-order valence-electron chi connectivity index (χ0n) is 54.0. The van der Waals surface area contributed by atoms with Crippen LogP contribution < -0.4 is 9.80 Å². The maximum Gasteiger partial charge on any atom is 0.155 e. The molecule has 0 atom stereocenters. The molecule has 13 aromatic rings. The predicted octanol–water partition coefficient (Wildman–Crippen LogP) is 19.7. The topological polar surface area (TPSA) is 128 Å². The van der Waals surface area contributed by atoms with Gasteiger partial charge in [0.25, 0.3) is 0 Å². The van der Waals surface area contributed by atoms with E-state index in [4.69, 9.17) is 5.11 Å². The van der Waals surface area contributed by atoms with Gasteiger partial charge in [-0.1, -0.05) is 156 Å². The third-order valence-electron chi connectivity index (χ3n) is 13.5. The number of carbonyl (C=O) groups excluding carboxylic acids is 1. The second-order valence-electron chi connectivity index (χ2n) is 21.0. The summed E-state index contributed by atoms with van der Waals surface area (Å²) in [5, 5.41) is 17.9. The monoisotopic (exact) mass is 2030 g/mol. The van der Waals surface area contributed by atoms with E-state index < -0.39 is 11.6 Å². The summed E-state index contributed by atoms with van der Waals surface area (Å²) in [6.45, 7) is 4.73. The fourth-order valence-electron chi connectivity index (χ4n) is 9.04. The van der Waals surface area contributed by atoms with Gasteiger partial charge in [-0.05, 0) is 104 Å². The van der Waals surface area contributed by atoms with Crippen molar-refractivity contribution in [3.8, 4) is 73.2 Å². The van der Waals surface area contributed by atoms with Crippen molar-refractivity contribution in [2.45, 2.75) is 20.8 Å². The molecule has 5 aromatic heterocycles. The first-order chi connectivity index (χ1) is 46.1. The number of carbonyl (C=O) groups is 1. The Morgan fingerprint density at radius 2 is 0.889 bits per heavy atom. The Balaban J connectivity index is 0.000000259. The van der Waals surface area contributed by atoms with E-state index in [1.54, 1.807) is 55.2 Å². The molecule has 0 saturated heterocycles. The molecule has 13 rings (SSSR count). The summed E-state index contributed by atoms with van der Waals surface area (Å²) < 4.78 is 52.0. The summed E-state index contributed by atoms with van der Waals surface area (Å²) in [7, 11) is 3.93. The van der Waals surface area contributed by atoms with Crippen molar-refractivity contribution in [1.82, 2.24) is 24.9 Å². The van der Waals surface area contributed by atoms with Crippen LogP contribution in [-0.2, 0) is 86.2 Å². The molecule has 511 valence electrons. The van der Waals surface area contributed by atoms with E-state index in [-0.39, 0.29) is 110 Å². The quantitative estimate of drug-likeness (QED) is 0.0559. The van der Waals surface area contributed by atoms with E-state index >= 15 is 0 Å². The Labute approximate surface area is 630 Å². The van der Waals surface area contributed by atoms with Gasteiger partial charge >= 0.3 is 0 Å². The summed E-state index contributed by atoms with van der Waals surface area (Å²) in [5.74, 6) is -1.61. The number of phenolic OH excluding ortho intramolecular Hbond substituents is 1. The van der Waals surface area contributed by atoms with Crippen molar-refractivity contribution < 1.29 is 114 Å². The molecular formula is C81H65F4Ir3N7O3Pt-4. The van der Waals surface area contributed by atoms with Gasteiger partial charge in [0.05, 0.1) is 5.76 Å². The molecule has 0 unspecified atom stereocenters. The van der Waals surface area contributed by atoms with Crippen molar-refractivity contribution in [3.63, 3.8) is 0 Å². The largest absolute Gasteiger partial charge is 0.512 e. The Kier molecular flexibility index (Phi) is 35.6. The van der Waals surface area contributed by atoms with Crippen molar-refractivity contribution in [2.75, 3.05) is 23.9 Å². The number of aromatic nitrogens is 5. The van der Waals surface area contributed by atoms with Gasteiger partial charge in [0.2, 0.25) is 0 Å². The average Bonchev–Trinajstić information content (AvgIpc) is 0.816. The molecule has 10 nitrogen and oxygen atoms in total. The molecule has 3 radical (unpaired) electrons. The van der Waals surface area contributed by atoms with Crippen LogP contribution in [0.15, 0.2) is 298 Å². The summed E-state index contributed by atoms with van der Waals surface area (Å²) in [4.78, 5) is 35.5. The second kappa shape index (κ2) is 43.0. The second-order valence-corrected chi connectivity index (χ2v) is 21.0. The molecule has 0 amide bonds. The number of hydrogen-bond donors (Lipinski definition) is 2. The van der Waals surface area contributed by atoms with Crippen LogP contribution in [0.5, 0.6) is 5.75 Å². The fraction of sp³-hybridized carbons (Fsp3) is 0.0617. The summed E-state index contributed by atoms with van der Waals surface area (Å²) >= 11 is 0. The van der Waals surface area contributed by atoms with Crippen LogP contribution in [0.2, 0.25) is 0 Å². The molecule has 0 aliphatic carbocycles. The summed E-state index contributed by atoms with van der Waals surface area (Å²) in [6, 6.07) is 89.1.